The average molecular weight is 667 g/mol. The number of hydrogen-bond acceptors (Lipinski definition) is 2. The van der Waals surface area contributed by atoms with Crippen molar-refractivity contribution < 1.29 is 8.83 Å². The van der Waals surface area contributed by atoms with Crippen LogP contribution in [-0.4, -0.2) is 9.13 Å². The van der Waals surface area contributed by atoms with E-state index in [1.165, 1.54) is 0 Å². The zero-order chi connectivity index (χ0) is 34.5. The van der Waals surface area contributed by atoms with E-state index in [-0.39, 0.29) is 0 Å². The van der Waals surface area contributed by atoms with Gasteiger partial charge in [-0.15, -0.1) is 0 Å². The SMILES string of the molecule is C=C/C=C(\C=C)n1c2ccccc2c2c3oc4c(ccc5c4c4ccccc4n5-c4cccc(-c5cccc6c5oc5ccccc56)c4)c3ccc21. The van der Waals surface area contributed by atoms with Crippen LogP contribution in [-0.2, 0) is 0 Å². The summed E-state index contributed by atoms with van der Waals surface area (Å²) in [5.74, 6) is 0. The molecule has 0 saturated heterocycles. The Bertz CT molecular complexity index is 3340. The molecule has 0 amide bonds. The van der Waals surface area contributed by atoms with Crippen LogP contribution in [0.5, 0.6) is 0 Å². The third-order valence-electron chi connectivity index (χ3n) is 10.7. The molecule has 0 atom stereocenters. The maximum Gasteiger partial charge on any atom is 0.145 e. The predicted molar refractivity (Wildman–Crippen MR) is 218 cm³/mol. The van der Waals surface area contributed by atoms with Crippen molar-refractivity contribution in [2.75, 3.05) is 0 Å². The first-order valence-electron chi connectivity index (χ1n) is 17.5. The highest BCUT2D eigenvalue weighted by molar-refractivity contribution is 6.29. The molecule has 244 valence electrons. The summed E-state index contributed by atoms with van der Waals surface area (Å²) in [6, 6.07) is 49.4. The fraction of sp³-hybridized carbons (Fsp3) is 0. The Kier molecular flexibility index (Phi) is 5.93. The predicted octanol–water partition coefficient (Wildman–Crippen LogP) is 13.6. The zero-order valence-electron chi connectivity index (χ0n) is 28.1. The summed E-state index contributed by atoms with van der Waals surface area (Å²) in [5, 5.41) is 8.91. The van der Waals surface area contributed by atoms with Crippen LogP contribution in [0.2, 0.25) is 0 Å². The second-order valence-corrected chi connectivity index (χ2v) is 13.3. The van der Waals surface area contributed by atoms with E-state index in [0.717, 1.165) is 110 Å². The van der Waals surface area contributed by atoms with Gasteiger partial charge in [-0.25, -0.2) is 0 Å². The molecule has 0 aliphatic heterocycles. The number of aromatic nitrogens is 2. The Morgan fingerprint density at radius 1 is 0.500 bits per heavy atom. The molecule has 11 aromatic rings. The van der Waals surface area contributed by atoms with Crippen molar-refractivity contribution in [3.8, 4) is 16.8 Å². The number of fused-ring (bicyclic) bond motifs is 14. The van der Waals surface area contributed by atoms with Gasteiger partial charge in [0.05, 0.1) is 32.8 Å². The lowest BCUT2D eigenvalue weighted by Gasteiger charge is -2.10. The third-order valence-corrected chi connectivity index (χ3v) is 10.7. The van der Waals surface area contributed by atoms with Crippen LogP contribution in [0.25, 0.3) is 110 Å². The van der Waals surface area contributed by atoms with Gasteiger partial charge in [0.1, 0.15) is 22.3 Å². The van der Waals surface area contributed by atoms with Crippen LogP contribution >= 0.6 is 0 Å². The highest BCUT2D eigenvalue weighted by Gasteiger charge is 2.23. The standard InChI is InChI=1S/C48H30N2O2/c1-3-13-30(4-2)49-39-21-8-5-17-37(39)44-41(49)26-24-35-36-25-27-42-45(48(36)52-47(35)44)38-18-6-9-22-40(38)50(42)31-15-11-14-29(28-31)32-19-12-20-34-33-16-7-10-23-43(33)51-46(32)34/h3-28H,1-2H2/b30-13+. The maximum absolute atomic E-state index is 7.10. The molecule has 0 saturated carbocycles. The van der Waals surface area contributed by atoms with Crippen LogP contribution in [0.3, 0.4) is 0 Å². The number of furan rings is 2. The Balaban J connectivity index is 1.18. The van der Waals surface area contributed by atoms with E-state index in [1.807, 2.05) is 24.3 Å². The van der Waals surface area contributed by atoms with E-state index in [2.05, 4.69) is 150 Å². The van der Waals surface area contributed by atoms with Gasteiger partial charge in [-0.1, -0.05) is 104 Å². The molecule has 52 heavy (non-hydrogen) atoms. The monoisotopic (exact) mass is 666 g/mol. The lowest BCUT2D eigenvalue weighted by atomic mass is 10.0. The van der Waals surface area contributed by atoms with Gasteiger partial charge < -0.3 is 18.0 Å². The third kappa shape index (κ3) is 3.81. The smallest absolute Gasteiger partial charge is 0.145 e. The van der Waals surface area contributed by atoms with E-state index in [1.54, 1.807) is 6.08 Å². The topological polar surface area (TPSA) is 36.1 Å². The summed E-state index contributed by atoms with van der Waals surface area (Å²) in [5.41, 5.74) is 12.1. The van der Waals surface area contributed by atoms with Gasteiger partial charge in [0.25, 0.3) is 0 Å². The molecule has 0 N–H and O–H groups in total. The number of rotatable bonds is 5. The maximum atomic E-state index is 7.10. The molecular weight excluding hydrogens is 637 g/mol. The van der Waals surface area contributed by atoms with Gasteiger partial charge in [0, 0.05) is 49.3 Å². The Labute approximate surface area is 298 Å². The molecular formula is C48H30N2O2. The minimum atomic E-state index is 0.884. The highest BCUT2D eigenvalue weighted by atomic mass is 16.3. The van der Waals surface area contributed by atoms with Crippen LogP contribution in [0.1, 0.15) is 0 Å². The Morgan fingerprint density at radius 2 is 1.13 bits per heavy atom. The van der Waals surface area contributed by atoms with Gasteiger partial charge in [-0.2, -0.15) is 0 Å². The summed E-state index contributed by atoms with van der Waals surface area (Å²) < 4.78 is 18.1. The summed E-state index contributed by atoms with van der Waals surface area (Å²) in [7, 11) is 0. The van der Waals surface area contributed by atoms with Crippen LogP contribution < -0.4 is 0 Å². The van der Waals surface area contributed by atoms with Gasteiger partial charge >= 0.3 is 0 Å². The summed E-state index contributed by atoms with van der Waals surface area (Å²) >= 11 is 0. The molecule has 0 aliphatic carbocycles. The fourth-order valence-electron chi connectivity index (χ4n) is 8.49. The number of para-hydroxylation sites is 4. The van der Waals surface area contributed by atoms with E-state index in [0.29, 0.717) is 0 Å². The van der Waals surface area contributed by atoms with Crippen LogP contribution in [0, 0.1) is 0 Å². The molecule has 0 radical (unpaired) electrons. The number of allylic oxidation sites excluding steroid dienone is 4. The van der Waals surface area contributed by atoms with Crippen molar-refractivity contribution in [3.05, 3.63) is 171 Å². The fourth-order valence-corrected chi connectivity index (χ4v) is 8.49. The van der Waals surface area contributed by atoms with Crippen molar-refractivity contribution in [1.29, 1.82) is 0 Å². The molecule has 4 nitrogen and oxygen atoms in total. The van der Waals surface area contributed by atoms with Gasteiger partial charge in [0.2, 0.25) is 0 Å². The van der Waals surface area contributed by atoms with E-state index in [4.69, 9.17) is 8.83 Å². The first kappa shape index (κ1) is 28.8. The number of benzene rings is 7. The molecule has 0 bridgehead atoms. The van der Waals surface area contributed by atoms with Crippen molar-refractivity contribution in [2.24, 2.45) is 0 Å². The lowest BCUT2D eigenvalue weighted by molar-refractivity contribution is 0.670. The Hall–Kier alpha value is -7.04. The van der Waals surface area contributed by atoms with Crippen molar-refractivity contribution in [3.63, 3.8) is 0 Å². The molecule has 4 heteroatoms. The second kappa shape index (κ2) is 10.7. The molecule has 4 aromatic heterocycles. The molecule has 7 aromatic carbocycles. The number of hydrogen-bond donors (Lipinski definition) is 0. The summed E-state index contributed by atoms with van der Waals surface area (Å²) in [6.45, 7) is 8.07. The van der Waals surface area contributed by atoms with Crippen LogP contribution in [0.4, 0.5) is 0 Å². The molecule has 11 rings (SSSR count). The summed E-state index contributed by atoms with van der Waals surface area (Å²) in [6.07, 6.45) is 5.67. The molecule has 0 unspecified atom stereocenters. The van der Waals surface area contributed by atoms with Gasteiger partial charge in [-0.3, -0.25) is 0 Å². The molecule has 4 heterocycles. The van der Waals surface area contributed by atoms with Crippen molar-refractivity contribution >= 4 is 93.2 Å². The van der Waals surface area contributed by atoms with E-state index < -0.39 is 0 Å². The van der Waals surface area contributed by atoms with Gasteiger partial charge in [-0.05, 0) is 72.3 Å². The minimum absolute atomic E-state index is 0.884. The lowest BCUT2D eigenvalue weighted by Crippen LogP contribution is -1.94. The Morgan fingerprint density at radius 3 is 1.92 bits per heavy atom. The minimum Gasteiger partial charge on any atom is -0.455 e. The second-order valence-electron chi connectivity index (χ2n) is 13.3. The highest BCUT2D eigenvalue weighted by Crippen LogP contribution is 2.45. The van der Waals surface area contributed by atoms with E-state index >= 15 is 0 Å². The average Bonchev–Trinajstić information content (AvgIpc) is 3.94. The molecule has 0 spiro atoms. The largest absolute Gasteiger partial charge is 0.455 e. The first-order chi connectivity index (χ1) is 25.7. The van der Waals surface area contributed by atoms with Gasteiger partial charge in [0.15, 0.2) is 0 Å². The number of nitrogens with zero attached hydrogens (tertiary/aromatic N) is 2. The van der Waals surface area contributed by atoms with Crippen molar-refractivity contribution in [1.82, 2.24) is 9.13 Å². The summed E-state index contributed by atoms with van der Waals surface area (Å²) in [4.78, 5) is 0. The zero-order valence-corrected chi connectivity index (χ0v) is 28.1. The molecule has 0 fully saturated rings. The quantitative estimate of drug-likeness (QED) is 0.171. The first-order valence-corrected chi connectivity index (χ1v) is 17.5. The molecule has 0 aliphatic rings. The van der Waals surface area contributed by atoms with Crippen molar-refractivity contribution in [2.45, 2.75) is 0 Å². The van der Waals surface area contributed by atoms with Crippen LogP contribution in [0.15, 0.2) is 180 Å². The van der Waals surface area contributed by atoms with E-state index in [9.17, 15) is 0 Å². The normalized spacial score (nSPS) is 12.5.